The molecule has 2 amide bonds. The maximum absolute atomic E-state index is 12.7. The molecular weight excluding hydrogens is 356 g/mol. The Hall–Kier alpha value is -1.95. The lowest BCUT2D eigenvalue weighted by atomic mass is 10.1. The maximum atomic E-state index is 12.7. The molecule has 2 fully saturated rings. The highest BCUT2D eigenvalue weighted by Gasteiger charge is 2.25. The summed E-state index contributed by atoms with van der Waals surface area (Å²) in [7, 11) is 1.56. The van der Waals surface area contributed by atoms with Crippen LogP contribution >= 0.6 is 11.6 Å². The van der Waals surface area contributed by atoms with Gasteiger partial charge in [-0.1, -0.05) is 0 Å². The van der Waals surface area contributed by atoms with E-state index in [4.69, 9.17) is 21.1 Å². The molecule has 0 bridgehead atoms. The molecule has 0 aliphatic carbocycles. The molecule has 3 rings (SSSR count). The number of halogens is 1. The smallest absolute Gasteiger partial charge is 0.316 e. The first-order valence-corrected chi connectivity index (χ1v) is 9.36. The largest absolute Gasteiger partial charge is 0.496 e. The summed E-state index contributed by atoms with van der Waals surface area (Å²) in [5.41, 5.74) is 0.560. The molecule has 2 heterocycles. The minimum atomic E-state index is -0.414. The van der Waals surface area contributed by atoms with Crippen molar-refractivity contribution in [3.05, 3.63) is 30.2 Å². The van der Waals surface area contributed by atoms with Gasteiger partial charge in [-0.15, -0.1) is 0 Å². The Labute approximate surface area is 159 Å². The van der Waals surface area contributed by atoms with E-state index in [9.17, 15) is 9.59 Å². The molecule has 1 aromatic carbocycles. The highest BCUT2D eigenvalue weighted by molar-refractivity contribution is 6.62. The molecule has 0 unspecified atom stereocenters. The zero-order chi connectivity index (χ0) is 18.5. The predicted molar refractivity (Wildman–Crippen MR) is 98.9 cm³/mol. The van der Waals surface area contributed by atoms with E-state index in [0.717, 1.165) is 38.8 Å². The Morgan fingerprint density at radius 2 is 1.77 bits per heavy atom. The van der Waals surface area contributed by atoms with Gasteiger partial charge in [0.1, 0.15) is 17.6 Å². The van der Waals surface area contributed by atoms with Crippen molar-refractivity contribution in [2.75, 3.05) is 33.3 Å². The van der Waals surface area contributed by atoms with Crippen LogP contribution < -0.4 is 9.47 Å². The molecule has 0 atom stereocenters. The lowest BCUT2D eigenvalue weighted by molar-refractivity contribution is 0.0738. The van der Waals surface area contributed by atoms with Gasteiger partial charge in [0.25, 0.3) is 5.91 Å². The fraction of sp³-hybridized carbons (Fsp3) is 0.526. The molecule has 0 aromatic heterocycles. The monoisotopic (exact) mass is 379 g/mol. The van der Waals surface area contributed by atoms with E-state index in [1.807, 2.05) is 11.0 Å². The average Bonchev–Trinajstić information content (AvgIpc) is 2.68. The lowest BCUT2D eigenvalue weighted by Gasteiger charge is -2.31. The molecule has 26 heavy (non-hydrogen) atoms. The van der Waals surface area contributed by atoms with E-state index in [-0.39, 0.29) is 12.0 Å². The number of nitrogens with zero attached hydrogens (tertiary/aromatic N) is 2. The number of hydrogen-bond acceptors (Lipinski definition) is 4. The fourth-order valence-electron chi connectivity index (χ4n) is 3.39. The van der Waals surface area contributed by atoms with Crippen molar-refractivity contribution in [3.63, 3.8) is 0 Å². The van der Waals surface area contributed by atoms with Crippen molar-refractivity contribution in [1.82, 2.24) is 9.80 Å². The van der Waals surface area contributed by atoms with Gasteiger partial charge in [0.05, 0.1) is 12.7 Å². The van der Waals surface area contributed by atoms with E-state index in [2.05, 4.69) is 6.42 Å². The van der Waals surface area contributed by atoms with E-state index < -0.39 is 5.37 Å². The summed E-state index contributed by atoms with van der Waals surface area (Å²) in [5, 5.41) is -0.414. The third-order valence-corrected chi connectivity index (χ3v) is 5.13. The average molecular weight is 380 g/mol. The van der Waals surface area contributed by atoms with Crippen molar-refractivity contribution < 1.29 is 19.1 Å². The first-order valence-electron chi connectivity index (χ1n) is 8.98. The molecule has 2 saturated heterocycles. The van der Waals surface area contributed by atoms with Gasteiger partial charge in [0, 0.05) is 45.1 Å². The number of methoxy groups -OCH3 is 1. The molecular formula is C19H24ClN2O4. The van der Waals surface area contributed by atoms with Crippen molar-refractivity contribution >= 4 is 22.9 Å². The predicted octanol–water partition coefficient (Wildman–Crippen LogP) is 3.34. The molecule has 0 saturated carbocycles. The third kappa shape index (κ3) is 4.41. The summed E-state index contributed by atoms with van der Waals surface area (Å²) < 4.78 is 11.4. The van der Waals surface area contributed by atoms with Crippen LogP contribution in [0.4, 0.5) is 4.79 Å². The Bertz CT molecular complexity index is 653. The fourth-order valence-corrected chi connectivity index (χ4v) is 3.56. The first-order chi connectivity index (χ1) is 12.6. The summed E-state index contributed by atoms with van der Waals surface area (Å²) in [4.78, 5) is 27.4. The summed E-state index contributed by atoms with van der Waals surface area (Å²) in [6, 6.07) is 5.35. The molecule has 2 aliphatic rings. The van der Waals surface area contributed by atoms with Gasteiger partial charge in [0.15, 0.2) is 0 Å². The van der Waals surface area contributed by atoms with E-state index in [1.165, 1.54) is 0 Å². The first kappa shape index (κ1) is 18.8. The van der Waals surface area contributed by atoms with E-state index >= 15 is 0 Å². The number of rotatable bonds is 4. The summed E-state index contributed by atoms with van der Waals surface area (Å²) in [6.07, 6.45) is 5.54. The van der Waals surface area contributed by atoms with E-state index in [0.29, 0.717) is 30.2 Å². The zero-order valence-corrected chi connectivity index (χ0v) is 15.7. The van der Waals surface area contributed by atoms with Gasteiger partial charge in [-0.2, -0.15) is 0 Å². The van der Waals surface area contributed by atoms with Crippen molar-refractivity contribution in [2.24, 2.45) is 0 Å². The van der Waals surface area contributed by atoms with Gasteiger partial charge in [-0.3, -0.25) is 9.59 Å². The number of ether oxygens (including phenoxy) is 2. The Morgan fingerprint density at radius 3 is 2.38 bits per heavy atom. The number of carbonyl (C=O) groups is 2. The van der Waals surface area contributed by atoms with Gasteiger partial charge in [-0.05, 0) is 43.0 Å². The second-order valence-corrected chi connectivity index (χ2v) is 6.90. The van der Waals surface area contributed by atoms with Crippen LogP contribution in [-0.2, 0) is 0 Å². The SMILES string of the molecule is COc1cc(OC2CCN(C(=O)Cl)CC2)ccc1C(=O)N1CC[CH]CC1. The molecule has 6 nitrogen and oxygen atoms in total. The minimum absolute atomic E-state index is 0.00423. The van der Waals surface area contributed by atoms with Crippen LogP contribution in [0.5, 0.6) is 11.5 Å². The molecule has 141 valence electrons. The topological polar surface area (TPSA) is 59.1 Å². The van der Waals surface area contributed by atoms with Crippen molar-refractivity contribution in [3.8, 4) is 11.5 Å². The number of likely N-dealkylation sites (tertiary alicyclic amines) is 2. The highest BCUT2D eigenvalue weighted by atomic mass is 35.5. The highest BCUT2D eigenvalue weighted by Crippen LogP contribution is 2.28. The van der Waals surface area contributed by atoms with E-state index in [1.54, 1.807) is 24.1 Å². The number of amides is 2. The standard InChI is InChI=1S/C19H24ClN2O4/c1-25-17-13-15(26-14-7-11-22(12-8-14)19(20)24)5-6-16(17)18(23)21-9-3-2-4-10-21/h2,5-6,13-14H,3-4,7-12H2,1H3. The van der Waals surface area contributed by atoms with Crippen LogP contribution in [0, 0.1) is 6.42 Å². The van der Waals surface area contributed by atoms with Gasteiger partial charge in [-0.25, -0.2) is 0 Å². The normalized spacial score (nSPS) is 18.5. The summed E-state index contributed by atoms with van der Waals surface area (Å²) >= 11 is 5.51. The number of hydrogen-bond donors (Lipinski definition) is 0. The molecule has 0 spiro atoms. The van der Waals surface area contributed by atoms with Gasteiger partial charge in [0.2, 0.25) is 0 Å². The third-order valence-electron chi connectivity index (χ3n) is 4.89. The van der Waals surface area contributed by atoms with Crippen LogP contribution in [0.3, 0.4) is 0 Å². The number of carbonyl (C=O) groups excluding carboxylic acids is 2. The Balaban J connectivity index is 1.65. The molecule has 7 heteroatoms. The van der Waals surface area contributed by atoms with Crippen LogP contribution in [-0.4, -0.2) is 60.5 Å². The molecule has 1 radical (unpaired) electrons. The summed E-state index contributed by atoms with van der Waals surface area (Å²) in [6.45, 7) is 2.68. The summed E-state index contributed by atoms with van der Waals surface area (Å²) in [5.74, 6) is 1.19. The zero-order valence-electron chi connectivity index (χ0n) is 14.9. The van der Waals surface area contributed by atoms with Crippen LogP contribution in [0.2, 0.25) is 0 Å². The van der Waals surface area contributed by atoms with Crippen LogP contribution in [0.25, 0.3) is 0 Å². The maximum Gasteiger partial charge on any atom is 0.316 e. The van der Waals surface area contributed by atoms with Crippen LogP contribution in [0.1, 0.15) is 36.0 Å². The second kappa shape index (κ2) is 8.62. The minimum Gasteiger partial charge on any atom is -0.496 e. The number of benzene rings is 1. The van der Waals surface area contributed by atoms with Gasteiger partial charge >= 0.3 is 5.37 Å². The quantitative estimate of drug-likeness (QED) is 0.594. The Kier molecular flexibility index (Phi) is 6.25. The number of piperidine rings is 2. The van der Waals surface area contributed by atoms with Gasteiger partial charge < -0.3 is 19.3 Å². The van der Waals surface area contributed by atoms with Crippen molar-refractivity contribution in [1.29, 1.82) is 0 Å². The second-order valence-electron chi connectivity index (χ2n) is 6.58. The molecule has 1 aromatic rings. The Morgan fingerprint density at radius 1 is 1.08 bits per heavy atom. The lowest BCUT2D eigenvalue weighted by Crippen LogP contribution is -2.39. The molecule has 0 N–H and O–H groups in total. The van der Waals surface area contributed by atoms with Crippen molar-refractivity contribution in [2.45, 2.75) is 31.8 Å². The van der Waals surface area contributed by atoms with Crippen LogP contribution in [0.15, 0.2) is 18.2 Å². The molecule has 2 aliphatic heterocycles.